The fourth-order valence-corrected chi connectivity index (χ4v) is 1.40. The normalized spacial score (nSPS) is 11.8. The standard InChI is InChI=1S/C9H10F2N4S/c10-9(11)16-6-3-1-5(2-4-6)15-8(14)7(12)13/h1-4,9H,(H3,12,13)(H2,14,15). The number of rotatable bonds is 3. The average molecular weight is 244 g/mol. The van der Waals surface area contributed by atoms with E-state index in [0.29, 0.717) is 22.3 Å². The van der Waals surface area contributed by atoms with E-state index < -0.39 is 5.76 Å². The molecule has 0 heterocycles. The highest BCUT2D eigenvalue weighted by molar-refractivity contribution is 7.99. The summed E-state index contributed by atoms with van der Waals surface area (Å²) in [6.45, 7) is 0. The lowest BCUT2D eigenvalue weighted by Crippen LogP contribution is -2.29. The van der Waals surface area contributed by atoms with E-state index in [1.807, 2.05) is 0 Å². The molecule has 0 saturated heterocycles. The molecular formula is C9H10F2N4S. The maximum Gasteiger partial charge on any atom is 0.288 e. The van der Waals surface area contributed by atoms with Crippen molar-refractivity contribution in [2.75, 3.05) is 0 Å². The molecule has 0 fully saturated rings. The molecule has 0 atom stereocenters. The first-order valence-electron chi connectivity index (χ1n) is 4.22. The van der Waals surface area contributed by atoms with Crippen molar-refractivity contribution in [3.05, 3.63) is 24.3 Å². The number of alkyl halides is 2. The number of hydrogen-bond acceptors (Lipinski definition) is 3. The van der Waals surface area contributed by atoms with Crippen LogP contribution in [0.15, 0.2) is 34.2 Å². The molecule has 0 spiro atoms. The van der Waals surface area contributed by atoms with Gasteiger partial charge in [0, 0.05) is 4.90 Å². The van der Waals surface area contributed by atoms with E-state index in [1.54, 1.807) is 0 Å². The van der Waals surface area contributed by atoms with Crippen molar-refractivity contribution in [1.82, 2.24) is 0 Å². The molecule has 0 aliphatic heterocycles. The van der Waals surface area contributed by atoms with Gasteiger partial charge in [0.1, 0.15) is 0 Å². The summed E-state index contributed by atoms with van der Waals surface area (Å²) >= 11 is 0.452. The van der Waals surface area contributed by atoms with Gasteiger partial charge in [0.15, 0.2) is 11.7 Å². The molecule has 0 saturated carbocycles. The zero-order valence-electron chi connectivity index (χ0n) is 8.15. The quantitative estimate of drug-likeness (QED) is 0.431. The molecule has 0 aromatic heterocycles. The Morgan fingerprint density at radius 2 is 1.81 bits per heavy atom. The van der Waals surface area contributed by atoms with E-state index in [9.17, 15) is 8.78 Å². The van der Waals surface area contributed by atoms with Crippen LogP contribution < -0.4 is 11.5 Å². The zero-order chi connectivity index (χ0) is 12.1. The Hall–Kier alpha value is -1.63. The summed E-state index contributed by atoms with van der Waals surface area (Å²) in [5.74, 6) is -2.88. The van der Waals surface area contributed by atoms with Crippen LogP contribution in [-0.2, 0) is 0 Å². The third kappa shape index (κ3) is 3.85. The molecule has 1 aromatic carbocycles. The van der Waals surface area contributed by atoms with Crippen molar-refractivity contribution in [1.29, 1.82) is 5.41 Å². The Labute approximate surface area is 95.2 Å². The van der Waals surface area contributed by atoms with Crippen LogP contribution in [0.5, 0.6) is 0 Å². The lowest BCUT2D eigenvalue weighted by atomic mass is 10.3. The highest BCUT2D eigenvalue weighted by atomic mass is 32.2. The molecule has 0 aliphatic rings. The van der Waals surface area contributed by atoms with E-state index in [4.69, 9.17) is 16.9 Å². The maximum absolute atomic E-state index is 12.0. The minimum atomic E-state index is -2.45. The molecule has 1 aromatic rings. The van der Waals surface area contributed by atoms with Gasteiger partial charge in [0.2, 0.25) is 0 Å². The van der Waals surface area contributed by atoms with Gasteiger partial charge < -0.3 is 11.5 Å². The van der Waals surface area contributed by atoms with Gasteiger partial charge in [-0.25, -0.2) is 4.99 Å². The smallest absolute Gasteiger partial charge is 0.288 e. The van der Waals surface area contributed by atoms with E-state index in [1.165, 1.54) is 24.3 Å². The van der Waals surface area contributed by atoms with Crippen molar-refractivity contribution in [2.45, 2.75) is 10.7 Å². The fourth-order valence-electron chi connectivity index (χ4n) is 0.901. The Kier molecular flexibility index (Phi) is 4.24. The van der Waals surface area contributed by atoms with Crippen LogP contribution in [-0.4, -0.2) is 17.4 Å². The van der Waals surface area contributed by atoms with Gasteiger partial charge in [-0.1, -0.05) is 11.8 Å². The van der Waals surface area contributed by atoms with Crippen molar-refractivity contribution in [3.63, 3.8) is 0 Å². The summed E-state index contributed by atoms with van der Waals surface area (Å²) in [5, 5.41) is 7.00. The SMILES string of the molecule is N=C(N)C(N)=Nc1ccc(SC(F)F)cc1. The lowest BCUT2D eigenvalue weighted by molar-refractivity contribution is 0.252. The molecule has 0 amide bonds. The second-order valence-corrected chi connectivity index (χ2v) is 3.85. The Morgan fingerprint density at radius 3 is 2.25 bits per heavy atom. The third-order valence-corrected chi connectivity index (χ3v) is 2.31. The number of aliphatic imine (C=N–C) groups is 1. The minimum absolute atomic E-state index is 0.103. The van der Waals surface area contributed by atoms with Crippen molar-refractivity contribution in [3.8, 4) is 0 Å². The molecule has 0 radical (unpaired) electrons. The van der Waals surface area contributed by atoms with Crippen LogP contribution in [0.2, 0.25) is 0 Å². The van der Waals surface area contributed by atoms with E-state index in [0.717, 1.165) is 0 Å². The van der Waals surface area contributed by atoms with Gasteiger partial charge in [-0.15, -0.1) is 0 Å². The summed E-state index contributed by atoms with van der Waals surface area (Å²) in [4.78, 5) is 4.27. The molecule has 0 unspecified atom stereocenters. The first-order valence-corrected chi connectivity index (χ1v) is 5.10. The highest BCUT2D eigenvalue weighted by Crippen LogP contribution is 2.26. The molecule has 0 aliphatic carbocycles. The number of benzene rings is 1. The molecule has 4 nitrogen and oxygen atoms in total. The fraction of sp³-hybridized carbons (Fsp3) is 0.111. The van der Waals surface area contributed by atoms with E-state index in [-0.39, 0.29) is 11.7 Å². The number of thioether (sulfide) groups is 1. The number of nitrogens with one attached hydrogen (secondary N) is 1. The van der Waals surface area contributed by atoms with Crippen LogP contribution in [0, 0.1) is 5.41 Å². The predicted molar refractivity (Wildman–Crippen MR) is 61.5 cm³/mol. The summed E-state index contributed by atoms with van der Waals surface area (Å²) in [6, 6.07) is 6.06. The molecule has 1 rings (SSSR count). The second kappa shape index (κ2) is 5.45. The largest absolute Gasteiger partial charge is 0.381 e. The summed E-state index contributed by atoms with van der Waals surface area (Å²) in [7, 11) is 0. The molecular weight excluding hydrogens is 234 g/mol. The highest BCUT2D eigenvalue weighted by Gasteiger charge is 2.04. The van der Waals surface area contributed by atoms with Crippen LogP contribution in [0.3, 0.4) is 0 Å². The monoisotopic (exact) mass is 244 g/mol. The van der Waals surface area contributed by atoms with Crippen LogP contribution >= 0.6 is 11.8 Å². The minimum Gasteiger partial charge on any atom is -0.381 e. The van der Waals surface area contributed by atoms with Crippen molar-refractivity contribution >= 4 is 29.1 Å². The Balaban J connectivity index is 2.79. The van der Waals surface area contributed by atoms with E-state index >= 15 is 0 Å². The van der Waals surface area contributed by atoms with E-state index in [2.05, 4.69) is 4.99 Å². The first-order chi connectivity index (χ1) is 7.49. The summed E-state index contributed by atoms with van der Waals surface area (Å²) in [5.41, 5.74) is 10.9. The zero-order valence-corrected chi connectivity index (χ0v) is 8.97. The van der Waals surface area contributed by atoms with Crippen LogP contribution in [0.25, 0.3) is 0 Å². The van der Waals surface area contributed by atoms with Crippen molar-refractivity contribution in [2.24, 2.45) is 16.5 Å². The third-order valence-electron chi connectivity index (χ3n) is 1.59. The number of amidine groups is 2. The van der Waals surface area contributed by atoms with Gasteiger partial charge in [0.05, 0.1) is 5.69 Å². The Bertz CT molecular complexity index is 402. The number of halogens is 2. The first kappa shape index (κ1) is 12.4. The van der Waals surface area contributed by atoms with Crippen LogP contribution in [0.4, 0.5) is 14.5 Å². The molecule has 7 heteroatoms. The lowest BCUT2D eigenvalue weighted by Gasteiger charge is -2.01. The maximum atomic E-state index is 12.0. The predicted octanol–water partition coefficient (Wildman–Crippen LogP) is 1.93. The summed E-state index contributed by atoms with van der Waals surface area (Å²) in [6.07, 6.45) is 0. The molecule has 86 valence electrons. The van der Waals surface area contributed by atoms with Gasteiger partial charge in [-0.3, -0.25) is 5.41 Å². The topological polar surface area (TPSA) is 88.2 Å². The van der Waals surface area contributed by atoms with Crippen LogP contribution in [0.1, 0.15) is 0 Å². The van der Waals surface area contributed by atoms with Gasteiger partial charge in [-0.2, -0.15) is 8.78 Å². The molecule has 16 heavy (non-hydrogen) atoms. The van der Waals surface area contributed by atoms with Gasteiger partial charge in [0.25, 0.3) is 5.76 Å². The summed E-state index contributed by atoms with van der Waals surface area (Å²) < 4.78 is 24.0. The number of hydrogen-bond donors (Lipinski definition) is 3. The molecule has 5 N–H and O–H groups in total. The van der Waals surface area contributed by atoms with Gasteiger partial charge >= 0.3 is 0 Å². The second-order valence-electron chi connectivity index (χ2n) is 2.78. The number of nitrogens with zero attached hydrogens (tertiary/aromatic N) is 1. The molecule has 0 bridgehead atoms. The van der Waals surface area contributed by atoms with Gasteiger partial charge in [-0.05, 0) is 24.3 Å². The van der Waals surface area contributed by atoms with Crippen molar-refractivity contribution < 1.29 is 8.78 Å². The number of nitrogens with two attached hydrogens (primary N) is 2. The Morgan fingerprint density at radius 1 is 1.25 bits per heavy atom. The average Bonchev–Trinajstić information content (AvgIpc) is 2.20.